The largest absolute Gasteiger partial charge is 0.356 e. The summed E-state index contributed by atoms with van der Waals surface area (Å²) < 4.78 is 0. The zero-order valence-electron chi connectivity index (χ0n) is 14.0. The highest BCUT2D eigenvalue weighted by atomic mass is 16.2. The molecule has 0 radical (unpaired) electrons. The number of carbonyl (C=O) groups excluding carboxylic acids is 2. The van der Waals surface area contributed by atoms with Crippen molar-refractivity contribution < 1.29 is 9.59 Å². The van der Waals surface area contributed by atoms with Gasteiger partial charge in [0, 0.05) is 33.0 Å². The lowest BCUT2D eigenvalue weighted by molar-refractivity contribution is -0.130. The lowest BCUT2D eigenvalue weighted by atomic mass is 10.1. The fourth-order valence-corrected chi connectivity index (χ4v) is 2.31. The molecule has 4 nitrogen and oxygen atoms in total. The molecule has 0 aliphatic heterocycles. The average molecular weight is 304 g/mol. The number of nitrogens with zero attached hydrogens (tertiary/aromatic N) is 1. The summed E-state index contributed by atoms with van der Waals surface area (Å²) in [5.41, 5.74) is 1.29. The molecule has 1 aromatic carbocycles. The van der Waals surface area contributed by atoms with Crippen molar-refractivity contribution in [3.05, 3.63) is 35.9 Å². The van der Waals surface area contributed by atoms with Crippen LogP contribution in [0.5, 0.6) is 0 Å². The molecule has 2 amide bonds. The minimum Gasteiger partial charge on any atom is -0.356 e. The summed E-state index contributed by atoms with van der Waals surface area (Å²) in [6.45, 7) is 7.58. The molecule has 0 spiro atoms. The topological polar surface area (TPSA) is 49.4 Å². The molecule has 0 aliphatic carbocycles. The lowest BCUT2D eigenvalue weighted by Crippen LogP contribution is -2.36. The highest BCUT2D eigenvalue weighted by molar-refractivity contribution is 5.77. The number of carbonyl (C=O) groups is 2. The maximum atomic E-state index is 11.8. The van der Waals surface area contributed by atoms with Gasteiger partial charge in [-0.2, -0.15) is 0 Å². The Labute approximate surface area is 133 Å². The van der Waals surface area contributed by atoms with Crippen LogP contribution in [0.2, 0.25) is 0 Å². The SMILES string of the molecule is CC(=O)N(CCC(=O)NCCCc1ccccc1)CC(C)C. The maximum Gasteiger partial charge on any atom is 0.221 e. The van der Waals surface area contributed by atoms with Gasteiger partial charge in [-0.05, 0) is 24.3 Å². The molecule has 1 rings (SSSR count). The van der Waals surface area contributed by atoms with E-state index in [1.807, 2.05) is 18.2 Å². The number of amides is 2. The molecule has 4 heteroatoms. The first kappa shape index (κ1) is 18.2. The van der Waals surface area contributed by atoms with Crippen LogP contribution in [0.25, 0.3) is 0 Å². The third-order valence-corrected chi connectivity index (χ3v) is 3.45. The van der Waals surface area contributed by atoms with Crippen LogP contribution in [0.15, 0.2) is 30.3 Å². The van der Waals surface area contributed by atoms with Gasteiger partial charge in [0.1, 0.15) is 0 Å². The number of nitrogens with one attached hydrogen (secondary N) is 1. The molecule has 0 aromatic heterocycles. The zero-order chi connectivity index (χ0) is 16.4. The Morgan fingerprint density at radius 1 is 1.18 bits per heavy atom. The second-order valence-corrected chi connectivity index (χ2v) is 6.05. The van der Waals surface area contributed by atoms with Crippen molar-refractivity contribution in [1.82, 2.24) is 10.2 Å². The number of aryl methyl sites for hydroxylation is 1. The summed E-state index contributed by atoms with van der Waals surface area (Å²) in [6.07, 6.45) is 2.27. The van der Waals surface area contributed by atoms with Crippen LogP contribution < -0.4 is 5.32 Å². The second-order valence-electron chi connectivity index (χ2n) is 6.05. The van der Waals surface area contributed by atoms with Crippen LogP contribution in [0, 0.1) is 5.92 Å². The summed E-state index contributed by atoms with van der Waals surface area (Å²) in [5, 5.41) is 2.92. The highest BCUT2D eigenvalue weighted by Gasteiger charge is 2.12. The van der Waals surface area contributed by atoms with E-state index in [4.69, 9.17) is 0 Å². The first-order valence-electron chi connectivity index (χ1n) is 8.05. The van der Waals surface area contributed by atoms with Crippen molar-refractivity contribution in [3.63, 3.8) is 0 Å². The van der Waals surface area contributed by atoms with E-state index in [9.17, 15) is 9.59 Å². The van der Waals surface area contributed by atoms with Crippen LogP contribution >= 0.6 is 0 Å². The van der Waals surface area contributed by atoms with Crippen LogP contribution in [0.1, 0.15) is 39.2 Å². The van der Waals surface area contributed by atoms with Gasteiger partial charge in [0.15, 0.2) is 0 Å². The van der Waals surface area contributed by atoms with Gasteiger partial charge in [-0.3, -0.25) is 9.59 Å². The Balaban J connectivity index is 2.18. The van der Waals surface area contributed by atoms with E-state index in [0.717, 1.165) is 12.8 Å². The molecular formula is C18H28N2O2. The summed E-state index contributed by atoms with van der Waals surface area (Å²) in [7, 11) is 0. The Morgan fingerprint density at radius 2 is 1.86 bits per heavy atom. The number of rotatable bonds is 9. The average Bonchev–Trinajstić information content (AvgIpc) is 2.48. The molecule has 0 bridgehead atoms. The van der Waals surface area contributed by atoms with Gasteiger partial charge in [-0.1, -0.05) is 44.2 Å². The van der Waals surface area contributed by atoms with Gasteiger partial charge in [0.05, 0.1) is 0 Å². The van der Waals surface area contributed by atoms with E-state index in [-0.39, 0.29) is 11.8 Å². The fraction of sp³-hybridized carbons (Fsp3) is 0.556. The van der Waals surface area contributed by atoms with E-state index in [2.05, 4.69) is 31.3 Å². The first-order valence-corrected chi connectivity index (χ1v) is 8.05. The van der Waals surface area contributed by atoms with Gasteiger partial charge < -0.3 is 10.2 Å². The molecule has 0 saturated carbocycles. The van der Waals surface area contributed by atoms with Crippen molar-refractivity contribution in [2.45, 2.75) is 40.0 Å². The second kappa shape index (κ2) is 9.98. The number of hydrogen-bond acceptors (Lipinski definition) is 2. The molecular weight excluding hydrogens is 276 g/mol. The minimum absolute atomic E-state index is 0.0167. The Morgan fingerprint density at radius 3 is 2.45 bits per heavy atom. The molecule has 1 aromatic rings. The third kappa shape index (κ3) is 7.81. The molecule has 1 N–H and O–H groups in total. The Hall–Kier alpha value is -1.84. The molecule has 0 heterocycles. The quantitative estimate of drug-likeness (QED) is 0.713. The van der Waals surface area contributed by atoms with Crippen molar-refractivity contribution in [3.8, 4) is 0 Å². The zero-order valence-corrected chi connectivity index (χ0v) is 14.0. The normalized spacial score (nSPS) is 10.5. The smallest absolute Gasteiger partial charge is 0.221 e. The molecule has 22 heavy (non-hydrogen) atoms. The monoisotopic (exact) mass is 304 g/mol. The lowest BCUT2D eigenvalue weighted by Gasteiger charge is -2.22. The first-order chi connectivity index (χ1) is 10.5. The molecule has 0 aliphatic rings. The Bertz CT molecular complexity index is 457. The standard InChI is InChI=1S/C18H28N2O2/c1-15(2)14-20(16(3)21)13-11-18(22)19-12-7-10-17-8-5-4-6-9-17/h4-6,8-9,15H,7,10-14H2,1-3H3,(H,19,22). The fourth-order valence-electron chi connectivity index (χ4n) is 2.31. The number of benzene rings is 1. The summed E-state index contributed by atoms with van der Waals surface area (Å²) in [5.74, 6) is 0.464. The molecule has 0 saturated heterocycles. The summed E-state index contributed by atoms with van der Waals surface area (Å²) in [6, 6.07) is 10.2. The van der Waals surface area contributed by atoms with E-state index in [0.29, 0.717) is 32.0 Å². The van der Waals surface area contributed by atoms with Gasteiger partial charge >= 0.3 is 0 Å². The van der Waals surface area contributed by atoms with Crippen LogP contribution in [-0.2, 0) is 16.0 Å². The van der Waals surface area contributed by atoms with Crippen LogP contribution in [-0.4, -0.2) is 36.3 Å². The highest BCUT2D eigenvalue weighted by Crippen LogP contribution is 2.02. The summed E-state index contributed by atoms with van der Waals surface area (Å²) in [4.78, 5) is 25.1. The predicted octanol–water partition coefficient (Wildman–Crippen LogP) is 2.63. The summed E-state index contributed by atoms with van der Waals surface area (Å²) >= 11 is 0. The molecule has 0 atom stereocenters. The molecule has 122 valence electrons. The van der Waals surface area contributed by atoms with Crippen LogP contribution in [0.3, 0.4) is 0 Å². The minimum atomic E-state index is 0.0167. The van der Waals surface area contributed by atoms with Crippen LogP contribution in [0.4, 0.5) is 0 Å². The van der Waals surface area contributed by atoms with Crippen molar-refractivity contribution in [2.24, 2.45) is 5.92 Å². The van der Waals surface area contributed by atoms with E-state index < -0.39 is 0 Å². The van der Waals surface area contributed by atoms with Crippen molar-refractivity contribution in [2.75, 3.05) is 19.6 Å². The molecule has 0 fully saturated rings. The van der Waals surface area contributed by atoms with Crippen molar-refractivity contribution >= 4 is 11.8 Å². The van der Waals surface area contributed by atoms with Gasteiger partial charge in [-0.25, -0.2) is 0 Å². The predicted molar refractivity (Wildman–Crippen MR) is 89.5 cm³/mol. The Kier molecular flexibility index (Phi) is 8.26. The van der Waals surface area contributed by atoms with E-state index in [1.165, 1.54) is 5.56 Å². The van der Waals surface area contributed by atoms with Gasteiger partial charge in [0.25, 0.3) is 0 Å². The number of hydrogen-bond donors (Lipinski definition) is 1. The maximum absolute atomic E-state index is 11.8. The molecule has 0 unspecified atom stereocenters. The third-order valence-electron chi connectivity index (χ3n) is 3.45. The van der Waals surface area contributed by atoms with E-state index in [1.54, 1.807) is 11.8 Å². The van der Waals surface area contributed by atoms with Gasteiger partial charge in [0.2, 0.25) is 11.8 Å². The van der Waals surface area contributed by atoms with Crippen molar-refractivity contribution in [1.29, 1.82) is 0 Å². The van der Waals surface area contributed by atoms with E-state index >= 15 is 0 Å². The van der Waals surface area contributed by atoms with Gasteiger partial charge in [-0.15, -0.1) is 0 Å².